The Morgan fingerprint density at radius 2 is 1.95 bits per heavy atom. The van der Waals surface area contributed by atoms with E-state index < -0.39 is 27.2 Å². The third-order valence-electron chi connectivity index (χ3n) is 3.27. The zero-order valence-electron chi connectivity index (χ0n) is 11.4. The highest BCUT2D eigenvalue weighted by molar-refractivity contribution is 7.90. The molecular weight excluding hydrogens is 298 g/mol. The van der Waals surface area contributed by atoms with Crippen molar-refractivity contribution >= 4 is 21.7 Å². The molecule has 0 spiro atoms. The van der Waals surface area contributed by atoms with Crippen molar-refractivity contribution < 1.29 is 18.0 Å². The van der Waals surface area contributed by atoms with Gasteiger partial charge in [-0.15, -0.1) is 0 Å². The zero-order valence-corrected chi connectivity index (χ0v) is 12.2. The fourth-order valence-corrected chi connectivity index (χ4v) is 2.70. The number of rotatable bonds is 4. The van der Waals surface area contributed by atoms with Crippen LogP contribution in [0.3, 0.4) is 0 Å². The third kappa shape index (κ3) is 3.13. The minimum absolute atomic E-state index is 0.0728. The van der Waals surface area contributed by atoms with Crippen molar-refractivity contribution in [3.05, 3.63) is 33.7 Å². The maximum Gasteiger partial charge on any atom is 0.270 e. The van der Waals surface area contributed by atoms with E-state index in [0.29, 0.717) is 0 Å². The van der Waals surface area contributed by atoms with Crippen LogP contribution in [-0.4, -0.2) is 54.8 Å². The summed E-state index contributed by atoms with van der Waals surface area (Å²) >= 11 is 0. The summed E-state index contributed by atoms with van der Waals surface area (Å²) in [7, 11) is -3.17. The smallest absolute Gasteiger partial charge is 0.270 e. The Bertz CT molecular complexity index is 766. The second kappa shape index (κ2) is 5.32. The Morgan fingerprint density at radius 3 is 2.52 bits per heavy atom. The van der Waals surface area contributed by atoms with Crippen LogP contribution in [0.5, 0.6) is 0 Å². The van der Waals surface area contributed by atoms with E-state index in [1.54, 1.807) is 0 Å². The van der Waals surface area contributed by atoms with Crippen molar-refractivity contribution in [2.45, 2.75) is 6.54 Å². The Kier molecular flexibility index (Phi) is 3.86. The van der Waals surface area contributed by atoms with Crippen molar-refractivity contribution in [2.24, 2.45) is 5.73 Å². The molecule has 1 aliphatic rings. The summed E-state index contributed by atoms with van der Waals surface area (Å²) < 4.78 is 23.5. The topological polar surface area (TPSA) is 120 Å². The monoisotopic (exact) mass is 313 g/mol. The van der Waals surface area contributed by atoms with Gasteiger partial charge in [-0.05, 0) is 12.1 Å². The molecule has 0 bridgehead atoms. The molecule has 8 nitrogen and oxygen atoms in total. The van der Waals surface area contributed by atoms with Crippen LogP contribution in [0.4, 0.5) is 0 Å². The van der Waals surface area contributed by atoms with Gasteiger partial charge in [0.15, 0.2) is 0 Å². The molecule has 2 rings (SSSR count). The van der Waals surface area contributed by atoms with Gasteiger partial charge in [-0.1, -0.05) is 0 Å². The summed E-state index contributed by atoms with van der Waals surface area (Å²) in [5.41, 5.74) is 4.45. The average Bonchev–Trinajstić information content (AvgIpc) is 2.37. The molecule has 21 heavy (non-hydrogen) atoms. The Morgan fingerprint density at radius 1 is 1.29 bits per heavy atom. The number of fused-ring (bicyclic) bond motifs is 1. The number of hydrogen-bond donors (Lipinski definition) is 1. The van der Waals surface area contributed by atoms with Crippen molar-refractivity contribution in [2.75, 3.05) is 25.1 Å². The highest BCUT2D eigenvalue weighted by Crippen LogP contribution is 2.11. The Balaban J connectivity index is 2.31. The second-order valence-corrected chi connectivity index (χ2v) is 7.14. The standard InChI is InChI=1S/C12H15N3O5S/c1-21(19,20)7-6-14-4-5-15-9(12(14)18)3-2-8(10(13)16)11(15)17/h2-3H,4-7H2,1H3,(H2,13,16). The van der Waals surface area contributed by atoms with E-state index in [-0.39, 0.29) is 36.6 Å². The van der Waals surface area contributed by atoms with Crippen LogP contribution in [0.2, 0.25) is 0 Å². The number of nitrogens with zero attached hydrogens (tertiary/aromatic N) is 2. The van der Waals surface area contributed by atoms with Crippen LogP contribution < -0.4 is 11.3 Å². The van der Waals surface area contributed by atoms with Crippen LogP contribution in [0.15, 0.2) is 16.9 Å². The van der Waals surface area contributed by atoms with Crippen LogP contribution in [0, 0.1) is 0 Å². The molecule has 0 aliphatic carbocycles. The molecule has 1 aromatic heterocycles. The van der Waals surface area contributed by atoms with Gasteiger partial charge in [-0.25, -0.2) is 8.42 Å². The first kappa shape index (κ1) is 15.2. The van der Waals surface area contributed by atoms with E-state index >= 15 is 0 Å². The first-order chi connectivity index (χ1) is 9.70. The number of hydrogen-bond acceptors (Lipinski definition) is 5. The van der Waals surface area contributed by atoms with Gasteiger partial charge in [0.2, 0.25) is 0 Å². The molecule has 2 N–H and O–H groups in total. The molecule has 2 amide bonds. The predicted octanol–water partition coefficient (Wildman–Crippen LogP) is -1.55. The van der Waals surface area contributed by atoms with Gasteiger partial charge < -0.3 is 15.2 Å². The van der Waals surface area contributed by atoms with E-state index in [1.807, 2.05) is 0 Å². The lowest BCUT2D eigenvalue weighted by molar-refractivity contribution is 0.0710. The SMILES string of the molecule is CS(=O)(=O)CCN1CCn2c(ccc(C(N)=O)c2=O)C1=O. The number of nitrogens with two attached hydrogens (primary N) is 1. The van der Waals surface area contributed by atoms with Gasteiger partial charge in [0.1, 0.15) is 21.1 Å². The molecule has 0 saturated heterocycles. The molecule has 0 unspecified atom stereocenters. The molecule has 0 aromatic carbocycles. The highest BCUT2D eigenvalue weighted by atomic mass is 32.2. The van der Waals surface area contributed by atoms with Crippen LogP contribution in [-0.2, 0) is 16.4 Å². The molecule has 1 aliphatic heterocycles. The van der Waals surface area contributed by atoms with Gasteiger partial charge in [-0.3, -0.25) is 14.4 Å². The molecular formula is C12H15N3O5S. The van der Waals surface area contributed by atoms with E-state index in [9.17, 15) is 22.8 Å². The van der Waals surface area contributed by atoms with Crippen molar-refractivity contribution in [1.29, 1.82) is 0 Å². The molecule has 0 atom stereocenters. The minimum atomic E-state index is -3.17. The summed E-state index contributed by atoms with van der Waals surface area (Å²) in [5, 5.41) is 0. The summed E-state index contributed by atoms with van der Waals surface area (Å²) in [6.07, 6.45) is 1.10. The molecule has 0 radical (unpaired) electrons. The van der Waals surface area contributed by atoms with Crippen molar-refractivity contribution in [3.8, 4) is 0 Å². The van der Waals surface area contributed by atoms with Gasteiger partial charge >= 0.3 is 0 Å². The Labute approximate surface area is 121 Å². The van der Waals surface area contributed by atoms with Gasteiger partial charge in [-0.2, -0.15) is 0 Å². The zero-order chi connectivity index (χ0) is 15.8. The highest BCUT2D eigenvalue weighted by Gasteiger charge is 2.27. The van der Waals surface area contributed by atoms with E-state index in [0.717, 1.165) is 6.26 Å². The van der Waals surface area contributed by atoms with Crippen LogP contribution >= 0.6 is 0 Å². The lowest BCUT2D eigenvalue weighted by Crippen LogP contribution is -2.47. The molecule has 0 fully saturated rings. The number of primary amides is 1. The average molecular weight is 313 g/mol. The van der Waals surface area contributed by atoms with E-state index in [4.69, 9.17) is 5.73 Å². The molecule has 1 aromatic rings. The quantitative estimate of drug-likeness (QED) is 0.721. The van der Waals surface area contributed by atoms with E-state index in [1.165, 1.54) is 21.6 Å². The lowest BCUT2D eigenvalue weighted by Gasteiger charge is -2.29. The molecule has 114 valence electrons. The first-order valence-electron chi connectivity index (χ1n) is 6.21. The normalized spacial score (nSPS) is 14.9. The number of sulfone groups is 1. The maximum atomic E-state index is 12.2. The van der Waals surface area contributed by atoms with Gasteiger partial charge in [0.25, 0.3) is 17.4 Å². The predicted molar refractivity (Wildman–Crippen MR) is 74.8 cm³/mol. The summed E-state index contributed by atoms with van der Waals surface area (Å²) in [5.74, 6) is -1.41. The first-order valence-corrected chi connectivity index (χ1v) is 8.27. The third-order valence-corrected chi connectivity index (χ3v) is 4.20. The van der Waals surface area contributed by atoms with Crippen molar-refractivity contribution in [3.63, 3.8) is 0 Å². The minimum Gasteiger partial charge on any atom is -0.365 e. The Hall–Kier alpha value is -2.16. The number of aromatic nitrogens is 1. The fourth-order valence-electron chi connectivity index (χ4n) is 2.15. The van der Waals surface area contributed by atoms with Crippen molar-refractivity contribution in [1.82, 2.24) is 9.47 Å². The van der Waals surface area contributed by atoms with Gasteiger partial charge in [0.05, 0.1) is 5.75 Å². The number of pyridine rings is 1. The number of amides is 2. The summed E-state index contributed by atoms with van der Waals surface area (Å²) in [6, 6.07) is 2.57. The molecule has 2 heterocycles. The number of carbonyl (C=O) groups is 2. The van der Waals surface area contributed by atoms with Gasteiger partial charge in [0, 0.05) is 25.9 Å². The number of carbonyl (C=O) groups excluding carboxylic acids is 2. The maximum absolute atomic E-state index is 12.2. The second-order valence-electron chi connectivity index (χ2n) is 4.88. The largest absolute Gasteiger partial charge is 0.365 e. The summed E-state index contributed by atoms with van der Waals surface area (Å²) in [6.45, 7) is 0.484. The molecule has 0 saturated carbocycles. The van der Waals surface area contributed by atoms with Crippen LogP contribution in [0.1, 0.15) is 20.8 Å². The van der Waals surface area contributed by atoms with E-state index in [2.05, 4.69) is 0 Å². The molecule has 9 heteroatoms. The van der Waals surface area contributed by atoms with Crippen LogP contribution in [0.25, 0.3) is 0 Å². The lowest BCUT2D eigenvalue weighted by atomic mass is 10.2. The fraction of sp³-hybridized carbons (Fsp3) is 0.417. The summed E-state index contributed by atoms with van der Waals surface area (Å²) in [4.78, 5) is 36.7.